The molecule has 0 aliphatic rings. The average molecular weight is 312 g/mol. The Morgan fingerprint density at radius 3 is 2.48 bits per heavy atom. The number of alkyl halides is 2. The molecule has 2 aromatic carbocycles. The lowest BCUT2D eigenvalue weighted by Gasteiger charge is -2.13. The van der Waals surface area contributed by atoms with Gasteiger partial charge in [0.2, 0.25) is 0 Å². The van der Waals surface area contributed by atoms with Crippen LogP contribution in [0.3, 0.4) is 0 Å². The molecule has 0 saturated carbocycles. The number of hydrogen-bond donors (Lipinski definition) is 2. The molecule has 0 aliphatic carbocycles. The summed E-state index contributed by atoms with van der Waals surface area (Å²) in [4.78, 5) is 0.0712. The summed E-state index contributed by atoms with van der Waals surface area (Å²) in [5, 5.41) is 2.69. The summed E-state index contributed by atoms with van der Waals surface area (Å²) in [6.45, 7) is -2.96. The molecule has 0 heterocycles. The lowest BCUT2D eigenvalue weighted by molar-refractivity contribution is -0.0493. The molecule has 0 spiro atoms. The molecule has 0 atom stereocenters. The second-order valence-corrected chi connectivity index (χ2v) is 4.50. The first-order chi connectivity index (χ1) is 9.97. The summed E-state index contributed by atoms with van der Waals surface area (Å²) >= 11 is 4.75. The van der Waals surface area contributed by atoms with Gasteiger partial charge in [-0.15, -0.1) is 0 Å². The number of thiocarbonyl (C=S) groups is 1. The molecule has 2 aromatic rings. The predicted octanol–water partition coefficient (Wildman–Crippen LogP) is 3.80. The smallest absolute Gasteiger partial charge is 0.387 e. The van der Waals surface area contributed by atoms with Crippen molar-refractivity contribution in [3.63, 3.8) is 0 Å². The number of benzene rings is 2. The third-order valence-electron chi connectivity index (χ3n) is 2.63. The Kier molecular flexibility index (Phi) is 4.64. The van der Waals surface area contributed by atoms with Gasteiger partial charge in [-0.3, -0.25) is 0 Å². The van der Waals surface area contributed by atoms with E-state index < -0.39 is 12.4 Å². The molecule has 0 saturated heterocycles. The Hall–Kier alpha value is -2.28. The molecule has 0 aliphatic heterocycles. The summed E-state index contributed by atoms with van der Waals surface area (Å²) < 4.78 is 42.9. The first-order valence-electron chi connectivity index (χ1n) is 5.87. The molecule has 0 aromatic heterocycles. The monoisotopic (exact) mass is 312 g/mol. The largest absolute Gasteiger partial charge is 0.433 e. The highest BCUT2D eigenvalue weighted by atomic mass is 32.1. The van der Waals surface area contributed by atoms with E-state index in [0.717, 1.165) is 0 Å². The molecule has 0 unspecified atom stereocenters. The number of nitrogens with one attached hydrogen (secondary N) is 1. The topological polar surface area (TPSA) is 47.3 Å². The molecule has 0 bridgehead atoms. The summed E-state index contributed by atoms with van der Waals surface area (Å²) in [7, 11) is 0. The van der Waals surface area contributed by atoms with Crippen LogP contribution >= 0.6 is 12.2 Å². The summed E-state index contributed by atoms with van der Waals surface area (Å²) in [6.07, 6.45) is 0. The van der Waals surface area contributed by atoms with Crippen LogP contribution in [0.5, 0.6) is 5.75 Å². The number of para-hydroxylation sites is 2. The minimum atomic E-state index is -2.96. The van der Waals surface area contributed by atoms with Crippen LogP contribution in [-0.4, -0.2) is 11.6 Å². The van der Waals surface area contributed by atoms with Crippen molar-refractivity contribution in [1.29, 1.82) is 0 Å². The highest BCUT2D eigenvalue weighted by Gasteiger charge is 2.11. The second kappa shape index (κ2) is 6.45. The summed E-state index contributed by atoms with van der Waals surface area (Å²) in [6, 6.07) is 10.1. The fraction of sp³-hybridized carbons (Fsp3) is 0.0714. The van der Waals surface area contributed by atoms with Gasteiger partial charge in [0.25, 0.3) is 0 Å². The van der Waals surface area contributed by atoms with E-state index in [9.17, 15) is 13.2 Å². The van der Waals surface area contributed by atoms with Gasteiger partial charge in [-0.25, -0.2) is 4.39 Å². The Bertz CT molecular complexity index is 664. The summed E-state index contributed by atoms with van der Waals surface area (Å²) in [5.41, 5.74) is 6.10. The van der Waals surface area contributed by atoms with Crippen LogP contribution < -0.4 is 15.8 Å². The van der Waals surface area contributed by atoms with E-state index in [0.29, 0.717) is 5.56 Å². The molecule has 7 heteroatoms. The van der Waals surface area contributed by atoms with Crippen molar-refractivity contribution in [2.45, 2.75) is 6.61 Å². The van der Waals surface area contributed by atoms with Crippen molar-refractivity contribution in [3.05, 3.63) is 53.8 Å². The Labute approximate surface area is 124 Å². The molecular weight excluding hydrogens is 301 g/mol. The zero-order chi connectivity index (χ0) is 15.4. The van der Waals surface area contributed by atoms with Gasteiger partial charge >= 0.3 is 6.61 Å². The molecule has 110 valence electrons. The number of ether oxygens (including phenoxy) is 1. The van der Waals surface area contributed by atoms with Gasteiger partial charge in [0.1, 0.15) is 16.6 Å². The molecule has 0 fully saturated rings. The van der Waals surface area contributed by atoms with Gasteiger partial charge in [-0.1, -0.05) is 24.4 Å². The fourth-order valence-electron chi connectivity index (χ4n) is 1.68. The molecule has 0 radical (unpaired) electrons. The highest BCUT2D eigenvalue weighted by molar-refractivity contribution is 7.80. The van der Waals surface area contributed by atoms with Crippen LogP contribution in [-0.2, 0) is 0 Å². The van der Waals surface area contributed by atoms with E-state index in [1.165, 1.54) is 36.4 Å². The van der Waals surface area contributed by atoms with Crippen LogP contribution in [0.25, 0.3) is 0 Å². The van der Waals surface area contributed by atoms with E-state index in [1.807, 2.05) is 0 Å². The van der Waals surface area contributed by atoms with E-state index >= 15 is 0 Å². The van der Waals surface area contributed by atoms with E-state index in [1.54, 1.807) is 6.07 Å². The molecular formula is C14H11F3N2OS. The predicted molar refractivity (Wildman–Crippen MR) is 78.6 cm³/mol. The van der Waals surface area contributed by atoms with Crippen LogP contribution in [0, 0.1) is 5.82 Å². The van der Waals surface area contributed by atoms with Gasteiger partial charge in [-0.2, -0.15) is 8.78 Å². The van der Waals surface area contributed by atoms with Gasteiger partial charge in [0.15, 0.2) is 0 Å². The minimum Gasteiger partial charge on any atom is -0.433 e. The molecule has 3 N–H and O–H groups in total. The van der Waals surface area contributed by atoms with E-state index in [2.05, 4.69) is 10.1 Å². The third kappa shape index (κ3) is 3.85. The van der Waals surface area contributed by atoms with Crippen molar-refractivity contribution in [2.24, 2.45) is 5.73 Å². The van der Waals surface area contributed by atoms with Gasteiger partial charge in [-0.05, 0) is 30.3 Å². The van der Waals surface area contributed by atoms with Crippen LogP contribution in [0.2, 0.25) is 0 Å². The Balaban J connectivity index is 2.28. The minimum absolute atomic E-state index is 0.0712. The number of halogens is 3. The first kappa shape index (κ1) is 15.1. The van der Waals surface area contributed by atoms with Gasteiger partial charge in [0, 0.05) is 5.56 Å². The van der Waals surface area contributed by atoms with Gasteiger partial charge in [0.05, 0.1) is 11.4 Å². The van der Waals surface area contributed by atoms with Crippen molar-refractivity contribution < 1.29 is 17.9 Å². The normalized spacial score (nSPS) is 10.5. The van der Waals surface area contributed by atoms with Crippen LogP contribution in [0.4, 0.5) is 24.5 Å². The summed E-state index contributed by atoms with van der Waals surface area (Å²) in [5.74, 6) is -0.683. The average Bonchev–Trinajstić information content (AvgIpc) is 2.42. The first-order valence-corrected chi connectivity index (χ1v) is 6.28. The zero-order valence-corrected chi connectivity index (χ0v) is 11.5. The molecule has 3 nitrogen and oxygen atoms in total. The SMILES string of the molecule is NC(=S)c1ccc(Nc2ccccc2OC(F)F)c(F)c1. The number of hydrogen-bond acceptors (Lipinski definition) is 3. The standard InChI is InChI=1S/C14H11F3N2OS/c15-9-7-8(13(18)21)5-6-10(9)19-11-3-1-2-4-12(11)20-14(16)17/h1-7,14,19H,(H2,18,21). The Morgan fingerprint density at radius 1 is 1.14 bits per heavy atom. The third-order valence-corrected chi connectivity index (χ3v) is 2.86. The van der Waals surface area contributed by atoms with Crippen molar-refractivity contribution in [1.82, 2.24) is 0 Å². The van der Waals surface area contributed by atoms with Crippen LogP contribution in [0.1, 0.15) is 5.56 Å². The second-order valence-electron chi connectivity index (χ2n) is 4.06. The molecule has 21 heavy (non-hydrogen) atoms. The van der Waals surface area contributed by atoms with E-state index in [4.69, 9.17) is 18.0 Å². The zero-order valence-electron chi connectivity index (χ0n) is 10.6. The number of anilines is 2. The van der Waals surface area contributed by atoms with Gasteiger partial charge < -0.3 is 15.8 Å². The number of rotatable bonds is 5. The van der Waals surface area contributed by atoms with Crippen molar-refractivity contribution in [3.8, 4) is 5.75 Å². The fourth-order valence-corrected chi connectivity index (χ4v) is 1.81. The highest BCUT2D eigenvalue weighted by Crippen LogP contribution is 2.30. The quantitative estimate of drug-likeness (QED) is 0.824. The maximum absolute atomic E-state index is 13.9. The Morgan fingerprint density at radius 2 is 1.86 bits per heavy atom. The maximum atomic E-state index is 13.9. The molecule has 2 rings (SSSR count). The lowest BCUT2D eigenvalue weighted by Crippen LogP contribution is -2.10. The number of nitrogens with two attached hydrogens (primary N) is 1. The van der Waals surface area contributed by atoms with Crippen molar-refractivity contribution in [2.75, 3.05) is 5.32 Å². The van der Waals surface area contributed by atoms with Crippen LogP contribution in [0.15, 0.2) is 42.5 Å². The molecule has 0 amide bonds. The lowest BCUT2D eigenvalue weighted by atomic mass is 10.2. The van der Waals surface area contributed by atoms with E-state index in [-0.39, 0.29) is 22.1 Å². The van der Waals surface area contributed by atoms with Crippen molar-refractivity contribution >= 4 is 28.6 Å². The maximum Gasteiger partial charge on any atom is 0.387 e.